The van der Waals surface area contributed by atoms with Gasteiger partial charge in [0.25, 0.3) is 0 Å². The molecule has 0 saturated carbocycles. The first kappa shape index (κ1) is 20.7. The fourth-order valence-electron chi connectivity index (χ4n) is 3.38. The molecule has 1 aliphatic heterocycles. The van der Waals surface area contributed by atoms with Crippen LogP contribution in [0, 0.1) is 0 Å². The molecule has 7 nitrogen and oxygen atoms in total. The lowest BCUT2D eigenvalue weighted by Gasteiger charge is -2.37. The van der Waals surface area contributed by atoms with Crippen LogP contribution in [0.15, 0.2) is 58.5 Å². The Morgan fingerprint density at radius 1 is 1.10 bits per heavy atom. The first-order chi connectivity index (χ1) is 13.8. The van der Waals surface area contributed by atoms with Gasteiger partial charge >= 0.3 is 0 Å². The number of methoxy groups -OCH3 is 1. The van der Waals surface area contributed by atoms with Crippen LogP contribution in [-0.2, 0) is 4.84 Å². The summed E-state index contributed by atoms with van der Waals surface area (Å²) < 4.78 is 5.56. The van der Waals surface area contributed by atoms with Crippen LogP contribution in [0.2, 0.25) is 0 Å². The molecule has 0 bridgehead atoms. The van der Waals surface area contributed by atoms with Crippen molar-refractivity contribution in [3.63, 3.8) is 0 Å². The highest BCUT2D eigenvalue weighted by Gasteiger charge is 2.33. The van der Waals surface area contributed by atoms with Crippen LogP contribution < -0.4 is 16.2 Å². The Morgan fingerprint density at radius 2 is 1.83 bits per heavy atom. The van der Waals surface area contributed by atoms with Gasteiger partial charge < -0.3 is 16.2 Å². The molecule has 3 rings (SSSR count). The molecule has 1 heterocycles. The largest absolute Gasteiger partial charge is 0.496 e. The highest BCUT2D eigenvalue weighted by molar-refractivity contribution is 5.95. The summed E-state index contributed by atoms with van der Waals surface area (Å²) in [6, 6.07) is 16.5. The lowest BCUT2D eigenvalue weighted by molar-refractivity contribution is -0.158. The van der Waals surface area contributed by atoms with Crippen molar-refractivity contribution in [3.8, 4) is 16.9 Å². The van der Waals surface area contributed by atoms with Crippen molar-refractivity contribution in [1.82, 2.24) is 5.06 Å². The molecule has 0 radical (unpaired) electrons. The minimum atomic E-state index is -0.695. The third-order valence-electron chi connectivity index (χ3n) is 4.97. The van der Waals surface area contributed by atoms with Crippen molar-refractivity contribution in [3.05, 3.63) is 54.1 Å². The van der Waals surface area contributed by atoms with Crippen molar-refractivity contribution in [2.75, 3.05) is 13.7 Å². The van der Waals surface area contributed by atoms with Crippen molar-refractivity contribution in [2.45, 2.75) is 38.8 Å². The predicted molar refractivity (Wildman–Crippen MR) is 117 cm³/mol. The molecule has 2 aromatic rings. The van der Waals surface area contributed by atoms with Crippen LogP contribution in [0.5, 0.6) is 5.75 Å². The number of ether oxygens (including phenoxy) is 1. The quantitative estimate of drug-likeness (QED) is 0.748. The van der Waals surface area contributed by atoms with Gasteiger partial charge in [-0.15, -0.1) is 0 Å². The van der Waals surface area contributed by atoms with E-state index in [2.05, 4.69) is 41.2 Å². The number of guanidine groups is 2. The molecule has 0 aromatic heterocycles. The third kappa shape index (κ3) is 4.68. The van der Waals surface area contributed by atoms with E-state index in [-0.39, 0.29) is 17.8 Å². The highest BCUT2D eigenvalue weighted by Crippen LogP contribution is 2.33. The molecule has 0 fully saturated rings. The Morgan fingerprint density at radius 3 is 2.48 bits per heavy atom. The van der Waals surface area contributed by atoms with E-state index >= 15 is 0 Å². The first-order valence-electron chi connectivity index (χ1n) is 9.68. The molecule has 7 heteroatoms. The average Bonchev–Trinajstić information content (AvgIpc) is 2.69. The van der Waals surface area contributed by atoms with Crippen LogP contribution in [0.4, 0.5) is 0 Å². The molecule has 0 aliphatic carbocycles. The lowest BCUT2D eigenvalue weighted by atomic mass is 9.93. The van der Waals surface area contributed by atoms with E-state index in [1.165, 1.54) is 10.6 Å². The van der Waals surface area contributed by atoms with Gasteiger partial charge in [0.05, 0.1) is 13.7 Å². The summed E-state index contributed by atoms with van der Waals surface area (Å²) in [5, 5.41) is 1.51. The average molecular weight is 396 g/mol. The minimum absolute atomic E-state index is 0.160. The SMILES string of the molecule is COc1ccc(C(C)CCON2C(N)=NC(N)=NC2(C)C)cc1-c1ccccc1. The Hall–Kier alpha value is -3.06. The van der Waals surface area contributed by atoms with E-state index in [1.54, 1.807) is 7.11 Å². The van der Waals surface area contributed by atoms with Gasteiger partial charge in [0.2, 0.25) is 11.9 Å². The predicted octanol–water partition coefficient (Wildman–Crippen LogP) is 3.47. The van der Waals surface area contributed by atoms with Gasteiger partial charge in [0, 0.05) is 5.56 Å². The zero-order valence-corrected chi connectivity index (χ0v) is 17.4. The molecule has 0 saturated heterocycles. The van der Waals surface area contributed by atoms with E-state index < -0.39 is 5.66 Å². The Labute approximate surface area is 172 Å². The topological polar surface area (TPSA) is 98.5 Å². The van der Waals surface area contributed by atoms with E-state index in [0.717, 1.165) is 23.3 Å². The fourth-order valence-corrected chi connectivity index (χ4v) is 3.38. The molecule has 4 N–H and O–H groups in total. The number of hydroxylamine groups is 2. The van der Waals surface area contributed by atoms with Crippen molar-refractivity contribution >= 4 is 11.9 Å². The molecule has 1 unspecified atom stereocenters. The van der Waals surface area contributed by atoms with E-state index in [0.29, 0.717) is 6.61 Å². The Balaban J connectivity index is 1.69. The van der Waals surface area contributed by atoms with Gasteiger partial charge in [-0.3, -0.25) is 4.84 Å². The number of benzene rings is 2. The van der Waals surface area contributed by atoms with Gasteiger partial charge in [-0.25, -0.2) is 4.99 Å². The maximum atomic E-state index is 5.97. The molecule has 0 amide bonds. The number of rotatable bonds is 7. The van der Waals surface area contributed by atoms with Crippen molar-refractivity contribution in [1.29, 1.82) is 0 Å². The summed E-state index contributed by atoms with van der Waals surface area (Å²) in [6.07, 6.45) is 0.805. The minimum Gasteiger partial charge on any atom is -0.496 e. The summed E-state index contributed by atoms with van der Waals surface area (Å²) in [4.78, 5) is 14.2. The fraction of sp³-hybridized carbons (Fsp3) is 0.364. The monoisotopic (exact) mass is 395 g/mol. The number of nitrogens with two attached hydrogens (primary N) is 2. The summed E-state index contributed by atoms with van der Waals surface area (Å²) in [5.74, 6) is 1.51. The van der Waals surface area contributed by atoms with Gasteiger partial charge in [-0.2, -0.15) is 10.1 Å². The molecule has 2 aromatic carbocycles. The smallest absolute Gasteiger partial charge is 0.226 e. The van der Waals surface area contributed by atoms with Crippen molar-refractivity contribution < 1.29 is 9.57 Å². The number of hydrogen-bond donors (Lipinski definition) is 2. The van der Waals surface area contributed by atoms with Gasteiger partial charge in [-0.05, 0) is 49.4 Å². The molecule has 1 aliphatic rings. The van der Waals surface area contributed by atoms with Gasteiger partial charge in [0.15, 0.2) is 5.66 Å². The van der Waals surface area contributed by atoms with Crippen LogP contribution in [0.1, 0.15) is 38.7 Å². The standard InChI is InChI=1S/C22H29N5O2/c1-15(12-13-29-27-21(24)25-20(23)26-22(27,2)3)17-10-11-19(28-4)18(14-17)16-8-6-5-7-9-16/h5-11,14-15H,12-13H2,1-4H3,(H4,23,24,25,26). The summed E-state index contributed by atoms with van der Waals surface area (Å²) in [6.45, 7) is 6.40. The Bertz CT molecular complexity index is 909. The summed E-state index contributed by atoms with van der Waals surface area (Å²) >= 11 is 0. The van der Waals surface area contributed by atoms with E-state index in [1.807, 2.05) is 38.1 Å². The van der Waals surface area contributed by atoms with E-state index in [9.17, 15) is 0 Å². The van der Waals surface area contributed by atoms with E-state index in [4.69, 9.17) is 21.0 Å². The normalized spacial score (nSPS) is 16.8. The zero-order chi connectivity index (χ0) is 21.0. The summed E-state index contributed by atoms with van der Waals surface area (Å²) in [5.41, 5.74) is 14.4. The lowest BCUT2D eigenvalue weighted by Crippen LogP contribution is -2.53. The maximum Gasteiger partial charge on any atom is 0.226 e. The first-order valence-corrected chi connectivity index (χ1v) is 9.68. The molecule has 1 atom stereocenters. The zero-order valence-electron chi connectivity index (χ0n) is 17.4. The number of hydrogen-bond acceptors (Lipinski definition) is 7. The second-order valence-corrected chi connectivity index (χ2v) is 7.58. The maximum absolute atomic E-state index is 5.97. The second kappa shape index (κ2) is 8.53. The summed E-state index contributed by atoms with van der Waals surface area (Å²) in [7, 11) is 1.69. The van der Waals surface area contributed by atoms with Crippen LogP contribution in [0.25, 0.3) is 11.1 Å². The van der Waals surface area contributed by atoms with Gasteiger partial charge in [0.1, 0.15) is 5.75 Å². The van der Waals surface area contributed by atoms with Crippen molar-refractivity contribution in [2.24, 2.45) is 21.5 Å². The van der Waals surface area contributed by atoms with Crippen LogP contribution >= 0.6 is 0 Å². The Kier molecular flexibility index (Phi) is 6.08. The molecule has 0 spiro atoms. The third-order valence-corrected chi connectivity index (χ3v) is 4.97. The van der Waals surface area contributed by atoms with Crippen LogP contribution in [-0.4, -0.2) is 36.4 Å². The number of aliphatic imine (C=N–C) groups is 2. The van der Waals surface area contributed by atoms with Crippen LogP contribution in [0.3, 0.4) is 0 Å². The molecule has 29 heavy (non-hydrogen) atoms. The highest BCUT2D eigenvalue weighted by atomic mass is 16.7. The molecule has 154 valence electrons. The van der Waals surface area contributed by atoms with Gasteiger partial charge in [-0.1, -0.05) is 43.3 Å². The second-order valence-electron chi connectivity index (χ2n) is 7.58. The molecular weight excluding hydrogens is 366 g/mol. The molecular formula is C22H29N5O2. The number of nitrogens with zero attached hydrogens (tertiary/aromatic N) is 3.